The molecule has 0 atom stereocenters. The number of carbonyl (C=O) groups is 1. The van der Waals surface area contributed by atoms with Crippen LogP contribution in [0.2, 0.25) is 0 Å². The van der Waals surface area contributed by atoms with Gasteiger partial charge in [0.2, 0.25) is 0 Å². The number of rotatable bonds is 0. The fraction of sp³-hybridized carbons (Fsp3) is 0. The molecule has 0 unspecified atom stereocenters. The zero-order valence-electron chi connectivity index (χ0n) is 2.77. The van der Waals surface area contributed by atoms with Gasteiger partial charge in [-0.3, -0.25) is 0 Å². The van der Waals surface area contributed by atoms with Crippen LogP contribution in [-0.2, 0) is 8.62 Å². The summed E-state index contributed by atoms with van der Waals surface area (Å²) in [6.45, 7) is 0. The minimum absolute atomic E-state index is 0.713. The molecule has 0 N–H and O–H groups in total. The standard InChI is InChI=1S/C3HBrO2/c1-2-3(5)6-4/h1H. The molecule has 3 heteroatoms. The van der Waals surface area contributed by atoms with Gasteiger partial charge < -0.3 is 3.83 Å². The molecule has 0 fully saturated rings. The maximum Gasteiger partial charge on any atom is 0.395 e. The number of carbonyl (C=O) groups excluding carboxylic acids is 1. The van der Waals surface area contributed by atoms with Gasteiger partial charge in [-0.25, -0.2) is 4.79 Å². The number of hydrogen-bond acceptors (Lipinski definition) is 2. The summed E-state index contributed by atoms with van der Waals surface area (Å²) in [5.41, 5.74) is 0. The Kier molecular flexibility index (Phi) is 2.51. The van der Waals surface area contributed by atoms with Crippen molar-refractivity contribution in [2.24, 2.45) is 0 Å². The van der Waals surface area contributed by atoms with Crippen molar-refractivity contribution >= 4 is 22.2 Å². The van der Waals surface area contributed by atoms with Crippen molar-refractivity contribution in [2.75, 3.05) is 0 Å². The molecular weight excluding hydrogens is 148 g/mol. The SMILES string of the molecule is C#CC(=O)OBr. The van der Waals surface area contributed by atoms with Gasteiger partial charge in [0.1, 0.15) is 0 Å². The Bertz CT molecular complexity index is 91.5. The highest BCUT2D eigenvalue weighted by atomic mass is 79.9. The Hall–Kier alpha value is -0.490. The molecular formula is C3HBrO2. The Balaban J connectivity index is 3.33. The lowest BCUT2D eigenvalue weighted by atomic mass is 10.7. The third-order valence-electron chi connectivity index (χ3n) is 0.188. The topological polar surface area (TPSA) is 26.3 Å². The first-order valence-corrected chi connectivity index (χ1v) is 1.75. The molecule has 6 heavy (non-hydrogen) atoms. The number of terminal acetylenes is 1. The fourth-order valence-corrected chi connectivity index (χ4v) is 0.116. The molecule has 0 heterocycles. The lowest BCUT2D eigenvalue weighted by Gasteiger charge is -1.75. The second-order valence-corrected chi connectivity index (χ2v) is 0.833. The molecule has 32 valence electrons. The van der Waals surface area contributed by atoms with Gasteiger partial charge >= 0.3 is 5.97 Å². The maximum atomic E-state index is 9.68. The molecule has 0 saturated heterocycles. The zero-order chi connectivity index (χ0) is 4.99. The molecule has 0 spiro atoms. The molecule has 0 aromatic rings. The average molecular weight is 149 g/mol. The van der Waals surface area contributed by atoms with Crippen molar-refractivity contribution in [3.05, 3.63) is 0 Å². The summed E-state index contributed by atoms with van der Waals surface area (Å²) < 4.78 is 3.84. The molecule has 0 aromatic heterocycles. The van der Waals surface area contributed by atoms with E-state index in [1.165, 1.54) is 0 Å². The van der Waals surface area contributed by atoms with E-state index >= 15 is 0 Å². The summed E-state index contributed by atoms with van der Waals surface area (Å²) in [4.78, 5) is 9.68. The van der Waals surface area contributed by atoms with E-state index in [-0.39, 0.29) is 0 Å². The lowest BCUT2D eigenvalue weighted by molar-refractivity contribution is -0.126. The van der Waals surface area contributed by atoms with E-state index in [2.05, 4.69) is 26.5 Å². The fourth-order valence-electron chi connectivity index (χ4n) is 0.0223. The summed E-state index contributed by atoms with van der Waals surface area (Å²) in [7, 11) is 0. The zero-order valence-corrected chi connectivity index (χ0v) is 4.36. The average Bonchev–Trinajstić information content (AvgIpc) is 1.65. The smallest absolute Gasteiger partial charge is 0.374 e. The van der Waals surface area contributed by atoms with Crippen LogP contribution in [0, 0.1) is 12.3 Å². The van der Waals surface area contributed by atoms with E-state index in [1.807, 2.05) is 0 Å². The second-order valence-electron chi connectivity index (χ2n) is 0.509. The van der Waals surface area contributed by atoms with Gasteiger partial charge in [0.25, 0.3) is 0 Å². The van der Waals surface area contributed by atoms with Gasteiger partial charge in [0.05, 0.1) is 0 Å². The third-order valence-corrected chi connectivity index (χ3v) is 0.482. The highest BCUT2D eigenvalue weighted by Gasteiger charge is 1.85. The molecule has 0 amide bonds. The molecule has 0 aliphatic heterocycles. The van der Waals surface area contributed by atoms with Crippen LogP contribution in [-0.4, -0.2) is 5.97 Å². The normalized spacial score (nSPS) is 6.00. The van der Waals surface area contributed by atoms with Gasteiger partial charge in [0.15, 0.2) is 16.3 Å². The Morgan fingerprint density at radius 1 is 2.00 bits per heavy atom. The van der Waals surface area contributed by atoms with E-state index in [1.54, 1.807) is 5.92 Å². The molecule has 0 aliphatic carbocycles. The molecule has 0 rings (SSSR count). The first kappa shape index (κ1) is 5.51. The van der Waals surface area contributed by atoms with Gasteiger partial charge in [-0.05, 0) is 0 Å². The van der Waals surface area contributed by atoms with E-state index in [4.69, 9.17) is 0 Å². The van der Waals surface area contributed by atoms with Crippen LogP contribution in [0.25, 0.3) is 0 Å². The molecule has 0 saturated carbocycles. The van der Waals surface area contributed by atoms with Crippen LogP contribution >= 0.6 is 16.3 Å². The quantitative estimate of drug-likeness (QED) is 0.468. The molecule has 0 radical (unpaired) electrons. The van der Waals surface area contributed by atoms with Crippen LogP contribution in [0.4, 0.5) is 0 Å². The van der Waals surface area contributed by atoms with Crippen LogP contribution in [0.1, 0.15) is 0 Å². The predicted molar refractivity (Wildman–Crippen MR) is 23.9 cm³/mol. The van der Waals surface area contributed by atoms with Crippen molar-refractivity contribution < 1.29 is 8.62 Å². The minimum atomic E-state index is -0.713. The predicted octanol–water partition coefficient (Wildman–Crippen LogP) is 0.473. The maximum absolute atomic E-state index is 9.68. The van der Waals surface area contributed by atoms with Gasteiger partial charge in [-0.2, -0.15) is 0 Å². The highest BCUT2D eigenvalue weighted by molar-refractivity contribution is 9.06. The lowest BCUT2D eigenvalue weighted by Crippen LogP contribution is -1.86. The summed E-state index contributed by atoms with van der Waals surface area (Å²) >= 11 is 2.38. The summed E-state index contributed by atoms with van der Waals surface area (Å²) in [6, 6.07) is 0. The van der Waals surface area contributed by atoms with Crippen molar-refractivity contribution in [3.63, 3.8) is 0 Å². The molecule has 2 nitrogen and oxygen atoms in total. The highest BCUT2D eigenvalue weighted by Crippen LogP contribution is 1.81. The largest absolute Gasteiger partial charge is 0.395 e. The monoisotopic (exact) mass is 148 g/mol. The van der Waals surface area contributed by atoms with Crippen LogP contribution in [0.15, 0.2) is 0 Å². The van der Waals surface area contributed by atoms with Crippen molar-refractivity contribution in [1.29, 1.82) is 0 Å². The van der Waals surface area contributed by atoms with Crippen molar-refractivity contribution in [2.45, 2.75) is 0 Å². The first-order chi connectivity index (χ1) is 2.81. The first-order valence-electron chi connectivity index (χ1n) is 1.10. The summed E-state index contributed by atoms with van der Waals surface area (Å²) in [5, 5.41) is 0. The van der Waals surface area contributed by atoms with Crippen molar-refractivity contribution in [1.82, 2.24) is 0 Å². The molecule has 0 aromatic carbocycles. The van der Waals surface area contributed by atoms with Gasteiger partial charge in [-0.15, -0.1) is 6.42 Å². The van der Waals surface area contributed by atoms with E-state index in [9.17, 15) is 4.79 Å². The second kappa shape index (κ2) is 2.73. The van der Waals surface area contributed by atoms with E-state index in [0.29, 0.717) is 0 Å². The Labute approximate surface area is 43.9 Å². The Morgan fingerprint density at radius 2 is 2.50 bits per heavy atom. The summed E-state index contributed by atoms with van der Waals surface area (Å²) in [5.74, 6) is 0.994. The van der Waals surface area contributed by atoms with Gasteiger partial charge in [0, 0.05) is 5.92 Å². The summed E-state index contributed by atoms with van der Waals surface area (Å²) in [6.07, 6.45) is 4.53. The van der Waals surface area contributed by atoms with Gasteiger partial charge in [-0.1, -0.05) is 0 Å². The third kappa shape index (κ3) is 1.79. The molecule has 0 aliphatic rings. The minimum Gasteiger partial charge on any atom is -0.374 e. The Morgan fingerprint density at radius 3 is 2.50 bits per heavy atom. The van der Waals surface area contributed by atoms with Crippen LogP contribution in [0.3, 0.4) is 0 Å². The number of hydrogen-bond donors (Lipinski definition) is 0. The number of halogens is 1. The van der Waals surface area contributed by atoms with E-state index < -0.39 is 5.97 Å². The van der Waals surface area contributed by atoms with E-state index in [0.717, 1.165) is 0 Å². The molecule has 0 bridgehead atoms. The van der Waals surface area contributed by atoms with Crippen LogP contribution in [0.5, 0.6) is 0 Å². The van der Waals surface area contributed by atoms with Crippen LogP contribution < -0.4 is 0 Å². The van der Waals surface area contributed by atoms with Crippen molar-refractivity contribution in [3.8, 4) is 12.3 Å².